The molecule has 0 amide bonds. The molecular weight excluding hydrogens is 444 g/mol. The van der Waals surface area contributed by atoms with E-state index in [-0.39, 0.29) is 0 Å². The van der Waals surface area contributed by atoms with Crippen LogP contribution in [0.1, 0.15) is 60.5 Å². The molecule has 0 fully saturated rings. The summed E-state index contributed by atoms with van der Waals surface area (Å²) in [4.78, 5) is 0. The topological polar surface area (TPSA) is 0 Å². The molecule has 37 heavy (non-hydrogen) atoms. The van der Waals surface area contributed by atoms with Crippen LogP contribution in [0, 0.1) is 0 Å². The second kappa shape index (κ2) is 7.31. The molecular formula is C37H26. The molecule has 0 heterocycles. The molecule has 1 aliphatic carbocycles. The monoisotopic (exact) mass is 496 g/mol. The normalized spacial score (nSPS) is 24.5. The molecule has 0 radical (unpaired) electrons. The van der Waals surface area contributed by atoms with E-state index in [2.05, 4.69) is 0 Å². The zero-order valence-electron chi connectivity index (χ0n) is 44.5. The highest BCUT2D eigenvalue weighted by Crippen LogP contribution is 2.51. The summed E-state index contributed by atoms with van der Waals surface area (Å²) in [6, 6.07) is -19.1. The average molecular weight is 497 g/mol. The van der Waals surface area contributed by atoms with Crippen LogP contribution in [0.5, 0.6) is 0 Å². The van der Waals surface area contributed by atoms with Gasteiger partial charge in [0.05, 0.1) is 27.4 Å². The van der Waals surface area contributed by atoms with Crippen molar-refractivity contribution in [1.29, 1.82) is 0 Å². The summed E-state index contributed by atoms with van der Waals surface area (Å²) in [6.45, 7) is -7.61. The third-order valence-electron chi connectivity index (χ3n) is 6.50. The lowest BCUT2D eigenvalue weighted by atomic mass is 9.80. The van der Waals surface area contributed by atoms with E-state index < -0.39 is 216 Å². The number of hydrogen-bond acceptors (Lipinski definition) is 0. The maximum atomic E-state index is 9.73. The molecule has 8 rings (SSSR count). The van der Waals surface area contributed by atoms with Crippen molar-refractivity contribution in [2.75, 3.05) is 0 Å². The van der Waals surface area contributed by atoms with E-state index in [0.717, 1.165) is 0 Å². The molecule has 0 aromatic heterocycles. The Morgan fingerprint density at radius 2 is 1.22 bits per heavy atom. The first-order valence-corrected chi connectivity index (χ1v) is 11.0. The van der Waals surface area contributed by atoms with E-state index in [1.807, 2.05) is 0 Å². The Morgan fingerprint density at radius 3 is 2.11 bits per heavy atom. The lowest BCUT2D eigenvalue weighted by molar-refractivity contribution is 0.666. The Bertz CT molecular complexity index is 3340. The van der Waals surface area contributed by atoms with E-state index in [9.17, 15) is 9.60 Å². The molecule has 7 aromatic carbocycles. The van der Waals surface area contributed by atoms with Crippen molar-refractivity contribution in [3.05, 3.63) is 132 Å². The molecule has 0 heteroatoms. The van der Waals surface area contributed by atoms with Crippen LogP contribution in [-0.4, -0.2) is 0 Å². The number of benzene rings is 7. The molecule has 7 aromatic rings. The first-order chi connectivity index (χ1) is 29.0. The van der Waals surface area contributed by atoms with Crippen molar-refractivity contribution in [2.45, 2.75) is 19.1 Å². The molecule has 0 saturated carbocycles. The van der Waals surface area contributed by atoms with Crippen LogP contribution in [0.3, 0.4) is 0 Å². The molecule has 0 nitrogen and oxygen atoms in total. The van der Waals surface area contributed by atoms with Gasteiger partial charge in [-0.05, 0) is 88.6 Å². The molecule has 174 valence electrons. The van der Waals surface area contributed by atoms with Crippen molar-refractivity contribution >= 4 is 43.1 Å². The molecule has 1 aliphatic rings. The second-order valence-electron chi connectivity index (χ2n) is 8.50. The number of hydrogen-bond donors (Lipinski definition) is 0. The lowest BCUT2D eigenvalue weighted by Gasteiger charge is -2.23. The first-order valence-electron chi connectivity index (χ1n) is 24.0. The van der Waals surface area contributed by atoms with Gasteiger partial charge in [-0.15, -0.1) is 0 Å². The summed E-state index contributed by atoms with van der Waals surface area (Å²) < 4.78 is 231. The van der Waals surface area contributed by atoms with Gasteiger partial charge in [0.25, 0.3) is 0 Å². The summed E-state index contributed by atoms with van der Waals surface area (Å²) in [5, 5.41) is -5.44. The van der Waals surface area contributed by atoms with Crippen LogP contribution < -0.4 is 0 Å². The molecule has 0 spiro atoms. The summed E-state index contributed by atoms with van der Waals surface area (Å²) in [7, 11) is 0. The van der Waals surface area contributed by atoms with E-state index >= 15 is 0 Å². The first kappa shape index (κ1) is 7.55. The highest BCUT2D eigenvalue weighted by molar-refractivity contribution is 6.20. The van der Waals surface area contributed by atoms with Crippen LogP contribution in [0.4, 0.5) is 0 Å². The smallest absolute Gasteiger partial charge is 0.0619 e. The predicted octanol–water partition coefficient (Wildman–Crippen LogP) is 10.3. The Morgan fingerprint density at radius 1 is 0.514 bits per heavy atom. The van der Waals surface area contributed by atoms with Gasteiger partial charge in [-0.25, -0.2) is 0 Å². The van der Waals surface area contributed by atoms with Gasteiger partial charge < -0.3 is 0 Å². The van der Waals surface area contributed by atoms with Crippen molar-refractivity contribution < 1.29 is 35.6 Å². The summed E-state index contributed by atoms with van der Waals surface area (Å²) in [6.07, 6.45) is 0. The van der Waals surface area contributed by atoms with Crippen LogP contribution in [0.15, 0.2) is 121 Å². The minimum Gasteiger partial charge on any atom is -0.0619 e. The van der Waals surface area contributed by atoms with E-state index in [4.69, 9.17) is 26.0 Å². The fourth-order valence-corrected chi connectivity index (χ4v) is 4.91. The minimum absolute atomic E-state index is 0.548. The zero-order valence-corrected chi connectivity index (χ0v) is 18.5. The van der Waals surface area contributed by atoms with Gasteiger partial charge in [0.1, 0.15) is 0 Å². The molecule has 0 atom stereocenters. The summed E-state index contributed by atoms with van der Waals surface area (Å²) in [5.74, 6) is 0. The standard InChI is InChI=1S/C37H26/c1-37(2)34-14-8-7-13-30(34)32-20-16-25-21-26(17-18-29(25)36(32)37)35-28-12-6-4-10-24(28)22-33-27-11-5-3-9-23(27)15-19-31(33)35/h3-22H,1-2H3/i1D3,2D3,3D,4D,5D,6D,7D,8D,9D,10D,11D,12D,13D,14D,15D,16D,17D,18D,19D,20D,21D,22D. The molecule has 0 saturated heterocycles. The van der Waals surface area contributed by atoms with Crippen LogP contribution in [0.2, 0.25) is 0 Å². The average Bonchev–Trinajstić information content (AvgIpc) is 3.55. The molecule has 0 N–H and O–H groups in total. The van der Waals surface area contributed by atoms with Crippen LogP contribution in [-0.2, 0) is 5.41 Å². The summed E-state index contributed by atoms with van der Waals surface area (Å²) in [5.41, 5.74) is -8.60. The van der Waals surface area contributed by atoms with Crippen molar-refractivity contribution in [1.82, 2.24) is 0 Å². The summed E-state index contributed by atoms with van der Waals surface area (Å²) >= 11 is 0. The Hall–Kier alpha value is -4.42. The SMILES string of the molecule is [2H]c1c([2H])c([2H])c2c(c1[2H])-c1c([2H])c([2H])c3c([2H])c(-c4c5c([2H])c([2H])c([2H])c([2H])c5c([2H])c5c4c([2H])c([2H])c4c([2H])c([2H])c([2H])c([2H])c45)c([2H])c([2H])c3c1C2(C([2H])([2H])[2H])C([2H])([2H])[2H]. The van der Waals surface area contributed by atoms with Crippen molar-refractivity contribution in [3.8, 4) is 22.3 Å². The van der Waals surface area contributed by atoms with Crippen molar-refractivity contribution in [2.24, 2.45) is 0 Å². The van der Waals surface area contributed by atoms with Gasteiger partial charge in [-0.3, -0.25) is 0 Å². The lowest BCUT2D eigenvalue weighted by Crippen LogP contribution is -2.15. The second-order valence-corrected chi connectivity index (χ2v) is 8.50. The van der Waals surface area contributed by atoms with Gasteiger partial charge >= 0.3 is 0 Å². The largest absolute Gasteiger partial charge is 0.0636 e. The number of fused-ring (bicyclic) bond motifs is 9. The third kappa shape index (κ3) is 2.79. The predicted molar refractivity (Wildman–Crippen MR) is 159 cm³/mol. The van der Waals surface area contributed by atoms with Gasteiger partial charge in [-0.1, -0.05) is 122 Å². The fourth-order valence-electron chi connectivity index (χ4n) is 4.91. The quantitative estimate of drug-likeness (QED) is 0.157. The zero-order chi connectivity index (χ0) is 47.1. The maximum Gasteiger partial charge on any atom is 0.0636 e. The van der Waals surface area contributed by atoms with E-state index in [0.29, 0.717) is 0 Å². The van der Waals surface area contributed by atoms with Crippen LogP contribution in [0.25, 0.3) is 65.3 Å². The Labute approximate surface area is 253 Å². The van der Waals surface area contributed by atoms with Gasteiger partial charge in [-0.2, -0.15) is 0 Å². The molecule has 0 unspecified atom stereocenters. The van der Waals surface area contributed by atoms with Crippen LogP contribution >= 0.6 is 0 Å². The molecule has 0 bridgehead atoms. The molecule has 0 aliphatic heterocycles. The van der Waals surface area contributed by atoms with Gasteiger partial charge in [0, 0.05) is 13.6 Å². The van der Waals surface area contributed by atoms with E-state index in [1.54, 1.807) is 0 Å². The third-order valence-corrected chi connectivity index (χ3v) is 6.50. The minimum atomic E-state index is -3.81. The Kier molecular flexibility index (Phi) is 1.49. The van der Waals surface area contributed by atoms with Gasteiger partial charge in [0.15, 0.2) is 0 Å². The number of rotatable bonds is 1. The fraction of sp³-hybridized carbons (Fsp3) is 0.0811. The maximum absolute atomic E-state index is 9.73. The Balaban J connectivity index is 1.75. The van der Waals surface area contributed by atoms with Gasteiger partial charge in [0.2, 0.25) is 0 Å². The van der Waals surface area contributed by atoms with E-state index in [1.165, 1.54) is 0 Å². The van der Waals surface area contributed by atoms with Crippen molar-refractivity contribution in [3.63, 3.8) is 0 Å². The highest BCUT2D eigenvalue weighted by Gasteiger charge is 2.36. The highest BCUT2D eigenvalue weighted by atomic mass is 14.4.